The van der Waals surface area contributed by atoms with Crippen molar-refractivity contribution in [2.75, 3.05) is 5.73 Å². The number of anilines is 1. The molecule has 0 unspecified atom stereocenters. The van der Waals surface area contributed by atoms with E-state index in [1.807, 2.05) is 66.7 Å². The molecule has 0 atom stereocenters. The minimum absolute atomic E-state index is 0.00779. The molecule has 0 aliphatic heterocycles. The van der Waals surface area contributed by atoms with Crippen LogP contribution in [0.1, 0.15) is 11.1 Å². The quantitative estimate of drug-likeness (QED) is 0.596. The van der Waals surface area contributed by atoms with E-state index in [9.17, 15) is 10.5 Å². The Hall–Kier alpha value is -4.49. The summed E-state index contributed by atoms with van der Waals surface area (Å²) in [4.78, 5) is 8.05. The zero-order valence-electron chi connectivity index (χ0n) is 14.6. The molecule has 0 radical (unpaired) electrons. The third-order valence-electron chi connectivity index (χ3n) is 4.20. The van der Waals surface area contributed by atoms with Crippen LogP contribution in [0.25, 0.3) is 28.3 Å². The number of benzene rings is 2. The molecule has 4 aromatic rings. The zero-order chi connectivity index (χ0) is 19.5. The third-order valence-corrected chi connectivity index (χ3v) is 4.20. The summed E-state index contributed by atoms with van der Waals surface area (Å²) in [6.45, 7) is 0. The van der Waals surface area contributed by atoms with E-state index in [0.29, 0.717) is 11.3 Å². The Morgan fingerprint density at radius 3 is 2.18 bits per heavy atom. The molecule has 28 heavy (non-hydrogen) atoms. The van der Waals surface area contributed by atoms with Gasteiger partial charge in [0, 0.05) is 5.56 Å². The molecule has 4 rings (SSSR count). The number of hydrogen-bond donors (Lipinski definition) is 1. The summed E-state index contributed by atoms with van der Waals surface area (Å²) in [6.07, 6.45) is 1.34. The topological polar surface area (TPSA) is 117 Å². The standard InChI is InChI=1S/C21H13N7/c22-11-15-13-25-21(24)26-18(15)19-17(12-23)20(14-7-3-1-4-8-14)28(27-19)16-9-5-2-6-10-16/h1-10,13H,(H2,24,25,26). The fourth-order valence-corrected chi connectivity index (χ4v) is 2.97. The summed E-state index contributed by atoms with van der Waals surface area (Å²) >= 11 is 0. The van der Waals surface area contributed by atoms with Crippen molar-refractivity contribution in [2.45, 2.75) is 0 Å². The SMILES string of the molecule is N#Cc1cnc(N)nc1-c1nn(-c2ccccc2)c(-c2ccccc2)c1C#N. The number of hydrogen-bond acceptors (Lipinski definition) is 6. The molecule has 0 spiro atoms. The molecule has 2 heterocycles. The van der Waals surface area contributed by atoms with Gasteiger partial charge in [0.2, 0.25) is 5.95 Å². The van der Waals surface area contributed by atoms with Crippen LogP contribution >= 0.6 is 0 Å². The summed E-state index contributed by atoms with van der Waals surface area (Å²) in [5.74, 6) is 0.00779. The Labute approximate surface area is 161 Å². The molecular weight excluding hydrogens is 350 g/mol. The first-order valence-corrected chi connectivity index (χ1v) is 8.40. The molecule has 2 N–H and O–H groups in total. The molecule has 2 aromatic heterocycles. The number of rotatable bonds is 3. The Bertz CT molecular complexity index is 1230. The minimum Gasteiger partial charge on any atom is -0.368 e. The second-order valence-corrected chi connectivity index (χ2v) is 5.90. The van der Waals surface area contributed by atoms with Gasteiger partial charge in [0.25, 0.3) is 0 Å². The highest BCUT2D eigenvalue weighted by Gasteiger charge is 2.24. The highest BCUT2D eigenvalue weighted by atomic mass is 15.3. The van der Waals surface area contributed by atoms with Crippen molar-refractivity contribution in [1.82, 2.24) is 19.7 Å². The number of aromatic nitrogens is 4. The van der Waals surface area contributed by atoms with Crippen molar-refractivity contribution >= 4 is 5.95 Å². The number of nitriles is 2. The molecule has 0 aliphatic carbocycles. The molecule has 0 amide bonds. The van der Waals surface area contributed by atoms with Crippen LogP contribution in [0.3, 0.4) is 0 Å². The van der Waals surface area contributed by atoms with E-state index < -0.39 is 0 Å². The van der Waals surface area contributed by atoms with Crippen molar-refractivity contribution in [3.63, 3.8) is 0 Å². The lowest BCUT2D eigenvalue weighted by atomic mass is 10.0. The molecule has 0 bridgehead atoms. The van der Waals surface area contributed by atoms with E-state index in [2.05, 4.69) is 21.1 Å². The van der Waals surface area contributed by atoms with Crippen molar-refractivity contribution in [3.05, 3.63) is 78.0 Å². The molecule has 2 aromatic carbocycles. The number of nitrogens with two attached hydrogens (primary N) is 1. The average Bonchev–Trinajstić information content (AvgIpc) is 3.14. The number of nitrogen functional groups attached to an aromatic ring is 1. The van der Waals surface area contributed by atoms with Gasteiger partial charge in [-0.2, -0.15) is 15.6 Å². The van der Waals surface area contributed by atoms with Crippen molar-refractivity contribution in [1.29, 1.82) is 10.5 Å². The van der Waals surface area contributed by atoms with Gasteiger partial charge in [0.15, 0.2) is 0 Å². The summed E-state index contributed by atoms with van der Waals surface area (Å²) in [5, 5.41) is 24.1. The average molecular weight is 363 g/mol. The van der Waals surface area contributed by atoms with Gasteiger partial charge in [-0.1, -0.05) is 48.5 Å². The van der Waals surface area contributed by atoms with Crippen LogP contribution in [-0.2, 0) is 0 Å². The van der Waals surface area contributed by atoms with Crippen LogP contribution < -0.4 is 5.73 Å². The van der Waals surface area contributed by atoms with Crippen LogP contribution in [0, 0.1) is 22.7 Å². The molecule has 132 valence electrons. The summed E-state index contributed by atoms with van der Waals surface area (Å²) in [5.41, 5.74) is 8.98. The van der Waals surface area contributed by atoms with Crippen LogP contribution in [-0.4, -0.2) is 19.7 Å². The second kappa shape index (κ2) is 7.02. The molecule has 0 saturated heterocycles. The zero-order valence-corrected chi connectivity index (χ0v) is 14.6. The summed E-state index contributed by atoms with van der Waals surface area (Å²) in [6, 6.07) is 23.2. The van der Waals surface area contributed by atoms with Crippen LogP contribution in [0.2, 0.25) is 0 Å². The lowest BCUT2D eigenvalue weighted by Gasteiger charge is -2.07. The van der Waals surface area contributed by atoms with Gasteiger partial charge < -0.3 is 5.73 Å². The first-order valence-electron chi connectivity index (χ1n) is 8.40. The van der Waals surface area contributed by atoms with Gasteiger partial charge in [0.1, 0.15) is 29.1 Å². The van der Waals surface area contributed by atoms with Gasteiger partial charge in [-0.05, 0) is 12.1 Å². The highest BCUT2D eigenvalue weighted by Crippen LogP contribution is 2.34. The molecule has 0 aliphatic rings. The fraction of sp³-hybridized carbons (Fsp3) is 0. The predicted octanol–water partition coefficient (Wildman–Crippen LogP) is 3.32. The Morgan fingerprint density at radius 2 is 1.54 bits per heavy atom. The van der Waals surface area contributed by atoms with Crippen molar-refractivity contribution < 1.29 is 0 Å². The molecule has 0 fully saturated rings. The van der Waals surface area contributed by atoms with E-state index >= 15 is 0 Å². The molecule has 7 heteroatoms. The fourth-order valence-electron chi connectivity index (χ4n) is 2.97. The van der Waals surface area contributed by atoms with Crippen LogP contribution in [0.15, 0.2) is 66.9 Å². The van der Waals surface area contributed by atoms with Crippen molar-refractivity contribution in [2.24, 2.45) is 0 Å². The Balaban J connectivity index is 2.09. The van der Waals surface area contributed by atoms with E-state index in [1.54, 1.807) is 4.68 Å². The number of para-hydroxylation sites is 1. The maximum atomic E-state index is 9.95. The van der Waals surface area contributed by atoms with Crippen LogP contribution in [0.4, 0.5) is 5.95 Å². The van der Waals surface area contributed by atoms with Crippen LogP contribution in [0.5, 0.6) is 0 Å². The van der Waals surface area contributed by atoms with Gasteiger partial charge >= 0.3 is 0 Å². The summed E-state index contributed by atoms with van der Waals surface area (Å²) in [7, 11) is 0. The van der Waals surface area contributed by atoms with Gasteiger partial charge in [-0.25, -0.2) is 14.6 Å². The molecule has 7 nitrogen and oxygen atoms in total. The normalized spacial score (nSPS) is 10.2. The first-order chi connectivity index (χ1) is 13.7. The molecular formula is C21H13N7. The number of nitrogens with zero attached hydrogens (tertiary/aromatic N) is 6. The minimum atomic E-state index is 0.00779. The summed E-state index contributed by atoms with van der Waals surface area (Å²) < 4.78 is 1.68. The van der Waals surface area contributed by atoms with E-state index in [1.165, 1.54) is 6.20 Å². The first kappa shape index (κ1) is 17.0. The van der Waals surface area contributed by atoms with E-state index in [4.69, 9.17) is 5.73 Å². The van der Waals surface area contributed by atoms with E-state index in [0.717, 1.165) is 11.3 Å². The highest BCUT2D eigenvalue weighted by molar-refractivity contribution is 5.80. The Morgan fingerprint density at radius 1 is 0.857 bits per heavy atom. The van der Waals surface area contributed by atoms with Gasteiger partial charge in [0.05, 0.1) is 23.1 Å². The van der Waals surface area contributed by atoms with E-state index in [-0.39, 0.29) is 22.9 Å². The predicted molar refractivity (Wildman–Crippen MR) is 104 cm³/mol. The maximum Gasteiger partial charge on any atom is 0.220 e. The lowest BCUT2D eigenvalue weighted by Crippen LogP contribution is -2.01. The smallest absolute Gasteiger partial charge is 0.220 e. The maximum absolute atomic E-state index is 9.95. The molecule has 0 saturated carbocycles. The monoisotopic (exact) mass is 363 g/mol. The lowest BCUT2D eigenvalue weighted by molar-refractivity contribution is 0.889. The largest absolute Gasteiger partial charge is 0.368 e. The third kappa shape index (κ3) is 2.83. The second-order valence-electron chi connectivity index (χ2n) is 5.90. The Kier molecular flexibility index (Phi) is 4.25. The van der Waals surface area contributed by atoms with Gasteiger partial charge in [-0.15, -0.1) is 0 Å². The van der Waals surface area contributed by atoms with Crippen molar-refractivity contribution in [3.8, 4) is 40.5 Å². The van der Waals surface area contributed by atoms with Gasteiger partial charge in [-0.3, -0.25) is 0 Å².